The van der Waals surface area contributed by atoms with Gasteiger partial charge in [-0.2, -0.15) is 0 Å². The number of benzene rings is 1. The van der Waals surface area contributed by atoms with E-state index in [-0.39, 0.29) is 12.1 Å². The number of imidazole rings is 1. The van der Waals surface area contributed by atoms with Crippen molar-refractivity contribution in [2.75, 3.05) is 18.9 Å². The van der Waals surface area contributed by atoms with Gasteiger partial charge >= 0.3 is 0 Å². The summed E-state index contributed by atoms with van der Waals surface area (Å²) in [6, 6.07) is 3.18. The zero-order chi connectivity index (χ0) is 15.4. The average molecular weight is 292 g/mol. The monoisotopic (exact) mass is 292 g/mol. The number of nitrogen functional groups attached to an aromatic ring is 1. The van der Waals surface area contributed by atoms with E-state index in [9.17, 15) is 4.79 Å². The van der Waals surface area contributed by atoms with Gasteiger partial charge in [0.25, 0.3) is 0 Å². The van der Waals surface area contributed by atoms with Crippen molar-refractivity contribution >= 4 is 22.9 Å². The summed E-state index contributed by atoms with van der Waals surface area (Å²) >= 11 is 0. The molecule has 0 aliphatic rings. The highest BCUT2D eigenvalue weighted by Gasteiger charge is 2.12. The van der Waals surface area contributed by atoms with Crippen LogP contribution in [0.1, 0.15) is 30.6 Å². The molecule has 0 saturated heterocycles. The third-order valence-electron chi connectivity index (χ3n) is 2.85. The van der Waals surface area contributed by atoms with Crippen LogP contribution in [0.2, 0.25) is 0 Å². The molecule has 0 bridgehead atoms. The third-order valence-corrected chi connectivity index (χ3v) is 2.85. The Hall–Kier alpha value is -2.28. The Labute approximate surface area is 122 Å². The molecule has 1 aromatic carbocycles. The first-order valence-corrected chi connectivity index (χ1v) is 6.81. The Morgan fingerprint density at radius 3 is 2.81 bits per heavy atom. The Morgan fingerprint density at radius 2 is 2.14 bits per heavy atom. The van der Waals surface area contributed by atoms with Crippen LogP contribution in [-0.4, -0.2) is 35.2 Å². The number of hydrogen-bond acceptors (Lipinski definition) is 5. The van der Waals surface area contributed by atoms with Crippen molar-refractivity contribution in [2.24, 2.45) is 5.73 Å². The summed E-state index contributed by atoms with van der Waals surface area (Å²) in [7, 11) is 0. The SMILES string of the molecule is CC(C)OCCCOc1cc(C(N)=O)cc2[nH]c(N)nc12. The standard InChI is InChI=1S/C14H20N4O3/c1-8(2)20-4-3-5-21-11-7-9(13(15)19)6-10-12(11)18-14(16)17-10/h6-8H,3-5H2,1-2H3,(H2,15,19)(H3,16,17,18). The van der Waals surface area contributed by atoms with Gasteiger partial charge in [-0.25, -0.2) is 4.98 Å². The Balaban J connectivity index is 2.11. The number of anilines is 1. The van der Waals surface area contributed by atoms with Crippen molar-refractivity contribution in [2.45, 2.75) is 26.4 Å². The number of primary amides is 1. The van der Waals surface area contributed by atoms with Gasteiger partial charge in [0, 0.05) is 12.0 Å². The molecule has 0 saturated carbocycles. The summed E-state index contributed by atoms with van der Waals surface area (Å²) in [6.07, 6.45) is 0.932. The van der Waals surface area contributed by atoms with E-state index in [2.05, 4.69) is 9.97 Å². The number of rotatable bonds is 7. The third kappa shape index (κ3) is 3.85. The van der Waals surface area contributed by atoms with Gasteiger partial charge in [-0.15, -0.1) is 0 Å². The maximum Gasteiger partial charge on any atom is 0.248 e. The van der Waals surface area contributed by atoms with Crippen LogP contribution in [0.25, 0.3) is 11.0 Å². The van der Waals surface area contributed by atoms with Crippen molar-refractivity contribution in [3.63, 3.8) is 0 Å². The van der Waals surface area contributed by atoms with Crippen LogP contribution in [0.5, 0.6) is 5.75 Å². The first kappa shape index (κ1) is 15.1. The van der Waals surface area contributed by atoms with Gasteiger partial charge in [0.1, 0.15) is 11.3 Å². The second-order valence-electron chi connectivity index (χ2n) is 4.98. The van der Waals surface area contributed by atoms with Crippen LogP contribution < -0.4 is 16.2 Å². The number of aromatic amines is 1. The summed E-state index contributed by atoms with van der Waals surface area (Å²) in [6.45, 7) is 5.02. The molecule has 7 nitrogen and oxygen atoms in total. The number of nitrogens with two attached hydrogens (primary N) is 2. The van der Waals surface area contributed by atoms with Crippen molar-refractivity contribution in [1.29, 1.82) is 0 Å². The number of amides is 1. The molecule has 0 unspecified atom stereocenters. The molecule has 21 heavy (non-hydrogen) atoms. The molecule has 2 aromatic rings. The van der Waals surface area contributed by atoms with Gasteiger partial charge in [0.2, 0.25) is 5.91 Å². The highest BCUT2D eigenvalue weighted by Crippen LogP contribution is 2.26. The number of H-pyrrole nitrogens is 1. The minimum absolute atomic E-state index is 0.195. The number of nitrogens with zero attached hydrogens (tertiary/aromatic N) is 1. The molecule has 0 aliphatic heterocycles. The van der Waals surface area contributed by atoms with Crippen LogP contribution in [0.4, 0.5) is 5.95 Å². The predicted molar refractivity (Wildman–Crippen MR) is 80.2 cm³/mol. The van der Waals surface area contributed by atoms with Gasteiger partial charge in [-0.1, -0.05) is 0 Å². The largest absolute Gasteiger partial charge is 0.491 e. The zero-order valence-electron chi connectivity index (χ0n) is 12.2. The number of ether oxygens (including phenoxy) is 2. The molecule has 0 radical (unpaired) electrons. The van der Waals surface area contributed by atoms with E-state index in [0.29, 0.717) is 35.6 Å². The summed E-state index contributed by atoms with van der Waals surface area (Å²) in [5.41, 5.74) is 12.5. The molecule has 0 atom stereocenters. The van der Waals surface area contributed by atoms with Crippen LogP contribution in [0.3, 0.4) is 0 Å². The van der Waals surface area contributed by atoms with E-state index in [1.807, 2.05) is 13.8 Å². The van der Waals surface area contributed by atoms with Crippen molar-refractivity contribution < 1.29 is 14.3 Å². The maximum absolute atomic E-state index is 11.3. The van der Waals surface area contributed by atoms with Crippen molar-refractivity contribution in [3.05, 3.63) is 17.7 Å². The fraction of sp³-hybridized carbons (Fsp3) is 0.429. The lowest BCUT2D eigenvalue weighted by atomic mass is 10.2. The quantitative estimate of drug-likeness (QED) is 0.668. The normalized spacial score (nSPS) is 11.2. The fourth-order valence-electron chi connectivity index (χ4n) is 1.92. The van der Waals surface area contributed by atoms with Gasteiger partial charge in [-0.3, -0.25) is 4.79 Å². The number of nitrogens with one attached hydrogen (secondary N) is 1. The van der Waals surface area contributed by atoms with Gasteiger partial charge in [0.15, 0.2) is 5.95 Å². The predicted octanol–water partition coefficient (Wildman–Crippen LogP) is 1.44. The Kier molecular flexibility index (Phi) is 4.64. The van der Waals surface area contributed by atoms with Crippen molar-refractivity contribution in [3.8, 4) is 5.75 Å². The van der Waals surface area contributed by atoms with Crippen LogP contribution >= 0.6 is 0 Å². The molecule has 0 fully saturated rings. The smallest absolute Gasteiger partial charge is 0.248 e. The summed E-state index contributed by atoms with van der Waals surface area (Å²) in [5.74, 6) is 0.219. The molecule has 0 aliphatic carbocycles. The highest BCUT2D eigenvalue weighted by molar-refractivity contribution is 5.98. The minimum Gasteiger partial charge on any atom is -0.491 e. The number of aromatic nitrogens is 2. The zero-order valence-corrected chi connectivity index (χ0v) is 12.2. The van der Waals surface area contributed by atoms with Crippen LogP contribution in [0.15, 0.2) is 12.1 Å². The molecule has 0 spiro atoms. The number of fused-ring (bicyclic) bond motifs is 1. The fourth-order valence-corrected chi connectivity index (χ4v) is 1.92. The molecule has 114 valence electrons. The first-order chi connectivity index (χ1) is 9.97. The van der Waals surface area contributed by atoms with E-state index >= 15 is 0 Å². The Morgan fingerprint density at radius 1 is 1.38 bits per heavy atom. The average Bonchev–Trinajstić information content (AvgIpc) is 2.77. The first-order valence-electron chi connectivity index (χ1n) is 6.81. The van der Waals surface area contributed by atoms with E-state index in [0.717, 1.165) is 6.42 Å². The molecule has 1 aromatic heterocycles. The van der Waals surface area contributed by atoms with E-state index in [4.69, 9.17) is 20.9 Å². The second-order valence-corrected chi connectivity index (χ2v) is 4.98. The Bertz CT molecular complexity index is 636. The van der Waals surface area contributed by atoms with Gasteiger partial charge < -0.3 is 25.9 Å². The minimum atomic E-state index is -0.530. The highest BCUT2D eigenvalue weighted by atomic mass is 16.5. The number of carbonyl (C=O) groups excluding carboxylic acids is 1. The number of hydrogen-bond donors (Lipinski definition) is 3. The van der Waals surface area contributed by atoms with Crippen molar-refractivity contribution in [1.82, 2.24) is 9.97 Å². The lowest BCUT2D eigenvalue weighted by Crippen LogP contribution is -2.12. The van der Waals surface area contributed by atoms with E-state index in [1.165, 1.54) is 0 Å². The summed E-state index contributed by atoms with van der Waals surface area (Å²) in [5, 5.41) is 0. The molecular weight excluding hydrogens is 272 g/mol. The topological polar surface area (TPSA) is 116 Å². The number of carbonyl (C=O) groups is 1. The summed E-state index contributed by atoms with van der Waals surface area (Å²) in [4.78, 5) is 18.4. The maximum atomic E-state index is 11.3. The van der Waals surface area contributed by atoms with E-state index < -0.39 is 5.91 Å². The molecule has 5 N–H and O–H groups in total. The van der Waals surface area contributed by atoms with E-state index in [1.54, 1.807) is 12.1 Å². The molecule has 1 amide bonds. The molecule has 7 heteroatoms. The second kappa shape index (κ2) is 6.45. The molecular formula is C14H20N4O3. The van der Waals surface area contributed by atoms with Gasteiger partial charge in [0.05, 0.1) is 24.8 Å². The molecule has 2 rings (SSSR count). The lowest BCUT2D eigenvalue weighted by Gasteiger charge is -2.10. The van der Waals surface area contributed by atoms with Gasteiger partial charge in [-0.05, 0) is 26.0 Å². The lowest BCUT2D eigenvalue weighted by molar-refractivity contribution is 0.0695. The van der Waals surface area contributed by atoms with Crippen LogP contribution in [-0.2, 0) is 4.74 Å². The van der Waals surface area contributed by atoms with Crippen LogP contribution in [0, 0.1) is 0 Å². The molecule has 1 heterocycles. The summed E-state index contributed by atoms with van der Waals surface area (Å²) < 4.78 is 11.1.